The van der Waals surface area contributed by atoms with Gasteiger partial charge in [0.05, 0.1) is 4.90 Å². The Morgan fingerprint density at radius 3 is 1.81 bits per heavy atom. The highest BCUT2D eigenvalue weighted by Crippen LogP contribution is 2.15. The highest BCUT2D eigenvalue weighted by Gasteiger charge is 2.09. The SMILES string of the molecule is CCN(CC)CC.Cc1ccc(S(=O)(=O)C=Cc2ccc(F)cc2)cc1. The second-order valence-corrected chi connectivity index (χ2v) is 7.67. The van der Waals surface area contributed by atoms with Crippen molar-refractivity contribution in [2.24, 2.45) is 0 Å². The number of hydrogen-bond donors (Lipinski definition) is 0. The van der Waals surface area contributed by atoms with E-state index in [4.69, 9.17) is 0 Å². The van der Waals surface area contributed by atoms with Gasteiger partial charge in [0, 0.05) is 5.41 Å². The van der Waals surface area contributed by atoms with Gasteiger partial charge in [-0.3, -0.25) is 0 Å². The maximum absolute atomic E-state index is 12.7. The Morgan fingerprint density at radius 2 is 1.38 bits per heavy atom. The fraction of sp³-hybridized carbons (Fsp3) is 0.333. The molecule has 0 saturated heterocycles. The summed E-state index contributed by atoms with van der Waals surface area (Å²) in [5.41, 5.74) is 1.64. The van der Waals surface area contributed by atoms with Crippen LogP contribution in [0.15, 0.2) is 58.8 Å². The molecule has 0 aliphatic rings. The molecular formula is C21H28FNO2S. The van der Waals surface area contributed by atoms with E-state index in [2.05, 4.69) is 25.7 Å². The monoisotopic (exact) mass is 377 g/mol. The predicted octanol–water partition coefficient (Wildman–Crippen LogP) is 4.93. The third-order valence-corrected chi connectivity index (χ3v) is 5.42. The zero-order chi connectivity index (χ0) is 19.6. The van der Waals surface area contributed by atoms with E-state index in [1.807, 2.05) is 6.92 Å². The Bertz CT molecular complexity index is 772. The third-order valence-electron chi connectivity index (χ3n) is 4.00. The lowest BCUT2D eigenvalue weighted by Gasteiger charge is -2.13. The van der Waals surface area contributed by atoms with E-state index in [0.717, 1.165) is 11.0 Å². The first-order valence-electron chi connectivity index (χ1n) is 8.80. The molecule has 0 bridgehead atoms. The van der Waals surface area contributed by atoms with Crippen molar-refractivity contribution in [1.29, 1.82) is 0 Å². The van der Waals surface area contributed by atoms with Crippen molar-refractivity contribution >= 4 is 15.9 Å². The average Bonchev–Trinajstić information content (AvgIpc) is 2.64. The molecular weight excluding hydrogens is 349 g/mol. The first-order valence-corrected chi connectivity index (χ1v) is 10.3. The van der Waals surface area contributed by atoms with Crippen molar-refractivity contribution < 1.29 is 12.8 Å². The highest BCUT2D eigenvalue weighted by molar-refractivity contribution is 7.94. The molecule has 0 radical (unpaired) electrons. The van der Waals surface area contributed by atoms with E-state index in [9.17, 15) is 12.8 Å². The molecule has 2 aromatic rings. The fourth-order valence-corrected chi connectivity index (χ4v) is 3.23. The number of sulfone groups is 1. The van der Waals surface area contributed by atoms with Crippen LogP contribution in [0.3, 0.4) is 0 Å². The molecule has 5 heteroatoms. The molecule has 0 aliphatic heterocycles. The van der Waals surface area contributed by atoms with Crippen LogP contribution in [-0.2, 0) is 9.84 Å². The molecule has 0 fully saturated rings. The summed E-state index contributed by atoms with van der Waals surface area (Å²) in [7, 11) is -3.46. The molecule has 0 aromatic heterocycles. The Balaban J connectivity index is 0.000000412. The van der Waals surface area contributed by atoms with Gasteiger partial charge in [-0.1, -0.05) is 50.6 Å². The smallest absolute Gasteiger partial charge is 0.199 e. The van der Waals surface area contributed by atoms with Gasteiger partial charge < -0.3 is 4.90 Å². The van der Waals surface area contributed by atoms with Gasteiger partial charge in [0.1, 0.15) is 5.82 Å². The molecule has 142 valence electrons. The van der Waals surface area contributed by atoms with Gasteiger partial charge in [0.15, 0.2) is 9.84 Å². The Morgan fingerprint density at radius 1 is 0.885 bits per heavy atom. The standard InChI is InChI=1S/C15H13FO2S.C6H15N/c1-12-2-8-15(9-3-12)19(17,18)11-10-13-4-6-14(16)7-5-13;1-4-7(5-2)6-3/h2-11H,1H3;4-6H2,1-3H3. The molecule has 3 nitrogen and oxygen atoms in total. The molecule has 0 unspecified atom stereocenters. The summed E-state index contributed by atoms with van der Waals surface area (Å²) in [6, 6.07) is 12.3. The minimum atomic E-state index is -3.46. The molecule has 0 aliphatic carbocycles. The van der Waals surface area contributed by atoms with Crippen LogP contribution < -0.4 is 0 Å². The van der Waals surface area contributed by atoms with Gasteiger partial charge in [0.25, 0.3) is 0 Å². The highest BCUT2D eigenvalue weighted by atomic mass is 32.2. The van der Waals surface area contributed by atoms with Crippen molar-refractivity contribution in [2.45, 2.75) is 32.6 Å². The maximum Gasteiger partial charge on any atom is 0.199 e. The Kier molecular flexibility index (Phi) is 9.24. The molecule has 0 atom stereocenters. The van der Waals surface area contributed by atoms with Crippen LogP contribution >= 0.6 is 0 Å². The molecule has 2 rings (SSSR count). The number of aryl methyl sites for hydroxylation is 1. The van der Waals surface area contributed by atoms with Gasteiger partial charge in [-0.2, -0.15) is 0 Å². The van der Waals surface area contributed by atoms with Gasteiger partial charge in [-0.25, -0.2) is 12.8 Å². The van der Waals surface area contributed by atoms with Crippen LogP contribution in [0.25, 0.3) is 6.08 Å². The molecule has 0 N–H and O–H groups in total. The zero-order valence-corrected chi connectivity index (χ0v) is 16.8. The van der Waals surface area contributed by atoms with E-state index in [-0.39, 0.29) is 10.7 Å². The van der Waals surface area contributed by atoms with Gasteiger partial charge >= 0.3 is 0 Å². The Labute approximate surface area is 157 Å². The lowest BCUT2D eigenvalue weighted by molar-refractivity contribution is 0.321. The van der Waals surface area contributed by atoms with Crippen LogP contribution in [0.2, 0.25) is 0 Å². The summed E-state index contributed by atoms with van der Waals surface area (Å²) in [6.07, 6.45) is 1.45. The molecule has 26 heavy (non-hydrogen) atoms. The minimum Gasteiger partial charge on any atom is -0.304 e. The lowest BCUT2D eigenvalue weighted by Crippen LogP contribution is -2.21. The van der Waals surface area contributed by atoms with Crippen LogP contribution in [0.1, 0.15) is 31.9 Å². The minimum absolute atomic E-state index is 0.247. The number of nitrogens with zero attached hydrogens (tertiary/aromatic N) is 1. The van der Waals surface area contributed by atoms with Crippen molar-refractivity contribution in [3.8, 4) is 0 Å². The summed E-state index contributed by atoms with van der Waals surface area (Å²) in [6.45, 7) is 12.0. The van der Waals surface area contributed by atoms with Crippen molar-refractivity contribution in [2.75, 3.05) is 19.6 Å². The number of hydrogen-bond acceptors (Lipinski definition) is 3. The Hall–Kier alpha value is -1.98. The van der Waals surface area contributed by atoms with Gasteiger partial charge in [-0.15, -0.1) is 0 Å². The zero-order valence-electron chi connectivity index (χ0n) is 15.9. The van der Waals surface area contributed by atoms with E-state index in [1.165, 1.54) is 50.0 Å². The topological polar surface area (TPSA) is 37.4 Å². The summed E-state index contributed by atoms with van der Waals surface area (Å²) in [4.78, 5) is 2.62. The number of rotatable bonds is 6. The largest absolute Gasteiger partial charge is 0.304 e. The summed E-state index contributed by atoms with van der Waals surface area (Å²) >= 11 is 0. The fourth-order valence-electron chi connectivity index (χ4n) is 2.22. The second kappa shape index (κ2) is 10.9. The van der Waals surface area contributed by atoms with Gasteiger partial charge in [-0.05, 0) is 62.5 Å². The third kappa shape index (κ3) is 7.50. The van der Waals surface area contributed by atoms with Crippen molar-refractivity contribution in [1.82, 2.24) is 4.90 Å². The van der Waals surface area contributed by atoms with Crippen molar-refractivity contribution in [3.05, 3.63) is 70.9 Å². The summed E-state index contributed by atoms with van der Waals surface area (Å²) in [5, 5.41) is 1.13. The average molecular weight is 378 g/mol. The van der Waals surface area contributed by atoms with Crippen LogP contribution in [0, 0.1) is 12.7 Å². The van der Waals surface area contributed by atoms with Crippen LogP contribution in [-0.4, -0.2) is 33.0 Å². The van der Waals surface area contributed by atoms with E-state index in [1.54, 1.807) is 24.3 Å². The quantitative estimate of drug-likeness (QED) is 0.716. The first kappa shape index (κ1) is 22.1. The number of halogens is 1. The van der Waals surface area contributed by atoms with E-state index >= 15 is 0 Å². The normalized spacial score (nSPS) is 11.5. The number of benzene rings is 2. The summed E-state index contributed by atoms with van der Waals surface area (Å²) < 4.78 is 36.8. The van der Waals surface area contributed by atoms with E-state index in [0.29, 0.717) is 5.56 Å². The maximum atomic E-state index is 12.7. The van der Waals surface area contributed by atoms with Gasteiger partial charge in [0.2, 0.25) is 0 Å². The molecule has 0 heterocycles. The first-order chi connectivity index (χ1) is 12.3. The molecule has 0 saturated carbocycles. The lowest BCUT2D eigenvalue weighted by atomic mass is 10.2. The van der Waals surface area contributed by atoms with Crippen molar-refractivity contribution in [3.63, 3.8) is 0 Å². The summed E-state index contributed by atoms with van der Waals surface area (Å²) in [5.74, 6) is -0.349. The van der Waals surface area contributed by atoms with Crippen LogP contribution in [0.5, 0.6) is 0 Å². The molecule has 0 amide bonds. The molecule has 2 aromatic carbocycles. The van der Waals surface area contributed by atoms with Crippen LogP contribution in [0.4, 0.5) is 4.39 Å². The second-order valence-electron chi connectivity index (χ2n) is 5.83. The predicted molar refractivity (Wildman–Crippen MR) is 107 cm³/mol. The molecule has 0 spiro atoms. The van der Waals surface area contributed by atoms with E-state index < -0.39 is 9.84 Å².